The Bertz CT molecular complexity index is 886. The van der Waals surface area contributed by atoms with Crippen LogP contribution in [0.2, 0.25) is 0 Å². The first kappa shape index (κ1) is 19.6. The van der Waals surface area contributed by atoms with Gasteiger partial charge in [-0.05, 0) is 37.3 Å². The van der Waals surface area contributed by atoms with Crippen LogP contribution in [-0.2, 0) is 9.53 Å². The molecule has 6 nitrogen and oxygen atoms in total. The van der Waals surface area contributed by atoms with Gasteiger partial charge in [-0.25, -0.2) is 0 Å². The molecular weight excluding hydrogens is 356 g/mol. The molecule has 1 heterocycles. The van der Waals surface area contributed by atoms with Crippen LogP contribution in [0.1, 0.15) is 21.5 Å². The molecule has 0 bridgehead atoms. The summed E-state index contributed by atoms with van der Waals surface area (Å²) in [6, 6.07) is 12.8. The molecule has 0 radical (unpaired) electrons. The number of ether oxygens (including phenoxy) is 2. The number of hydrogen-bond donors (Lipinski definition) is 1. The van der Waals surface area contributed by atoms with Crippen molar-refractivity contribution in [2.75, 3.05) is 38.7 Å². The number of benzene rings is 2. The summed E-state index contributed by atoms with van der Waals surface area (Å²) < 4.78 is 10.6. The summed E-state index contributed by atoms with van der Waals surface area (Å²) in [6.45, 7) is 4.13. The van der Waals surface area contributed by atoms with Crippen molar-refractivity contribution in [1.29, 1.82) is 0 Å². The van der Waals surface area contributed by atoms with Crippen molar-refractivity contribution in [1.82, 2.24) is 4.90 Å². The van der Waals surface area contributed by atoms with E-state index < -0.39 is 0 Å². The Hall–Kier alpha value is -3.12. The van der Waals surface area contributed by atoms with Crippen LogP contribution in [0.25, 0.3) is 6.08 Å². The summed E-state index contributed by atoms with van der Waals surface area (Å²) in [6.07, 6.45) is 3.14. The van der Waals surface area contributed by atoms with Crippen molar-refractivity contribution < 1.29 is 19.1 Å². The first-order valence-corrected chi connectivity index (χ1v) is 9.18. The number of morpholine rings is 1. The third kappa shape index (κ3) is 4.78. The minimum atomic E-state index is -0.314. The van der Waals surface area contributed by atoms with Gasteiger partial charge in [0.05, 0.1) is 31.6 Å². The smallest absolute Gasteiger partial charge is 0.256 e. The first-order valence-electron chi connectivity index (χ1n) is 9.18. The molecule has 28 heavy (non-hydrogen) atoms. The maximum atomic E-state index is 12.8. The average molecular weight is 380 g/mol. The number of amides is 2. The van der Waals surface area contributed by atoms with E-state index in [2.05, 4.69) is 5.32 Å². The Morgan fingerprint density at radius 3 is 2.64 bits per heavy atom. The molecule has 0 spiro atoms. The summed E-state index contributed by atoms with van der Waals surface area (Å²) >= 11 is 0. The fraction of sp³-hybridized carbons (Fsp3) is 0.273. The van der Waals surface area contributed by atoms with E-state index in [0.29, 0.717) is 43.3 Å². The van der Waals surface area contributed by atoms with Gasteiger partial charge in [0.2, 0.25) is 5.91 Å². The number of hydrogen-bond acceptors (Lipinski definition) is 4. The number of rotatable bonds is 5. The second kappa shape index (κ2) is 9.19. The van der Waals surface area contributed by atoms with Crippen LogP contribution >= 0.6 is 0 Å². The topological polar surface area (TPSA) is 67.9 Å². The SMILES string of the molecule is COc1ccc(C)cc1/C=C/C(=O)Nc1ccccc1C(=O)N1CCOCC1. The van der Waals surface area contributed by atoms with Crippen molar-refractivity contribution in [3.63, 3.8) is 0 Å². The molecule has 3 rings (SSSR count). The molecule has 2 aromatic rings. The number of para-hydroxylation sites is 1. The fourth-order valence-electron chi connectivity index (χ4n) is 3.04. The molecule has 0 aromatic heterocycles. The van der Waals surface area contributed by atoms with Crippen molar-refractivity contribution in [3.05, 3.63) is 65.2 Å². The lowest BCUT2D eigenvalue weighted by Gasteiger charge is -2.27. The lowest BCUT2D eigenvalue weighted by atomic mass is 10.1. The highest BCUT2D eigenvalue weighted by atomic mass is 16.5. The largest absolute Gasteiger partial charge is 0.496 e. The first-order chi connectivity index (χ1) is 13.6. The van der Waals surface area contributed by atoms with Crippen LogP contribution in [0.4, 0.5) is 5.69 Å². The fourth-order valence-corrected chi connectivity index (χ4v) is 3.04. The second-order valence-electron chi connectivity index (χ2n) is 6.52. The van der Waals surface area contributed by atoms with E-state index in [-0.39, 0.29) is 11.8 Å². The van der Waals surface area contributed by atoms with E-state index in [0.717, 1.165) is 11.1 Å². The monoisotopic (exact) mass is 380 g/mol. The highest BCUT2D eigenvalue weighted by molar-refractivity contribution is 6.07. The van der Waals surface area contributed by atoms with Gasteiger partial charge in [-0.15, -0.1) is 0 Å². The third-order valence-corrected chi connectivity index (χ3v) is 4.51. The predicted molar refractivity (Wildman–Crippen MR) is 109 cm³/mol. The molecule has 0 aliphatic carbocycles. The van der Waals surface area contributed by atoms with Gasteiger partial charge in [0, 0.05) is 24.7 Å². The quantitative estimate of drug-likeness (QED) is 0.810. The third-order valence-electron chi connectivity index (χ3n) is 4.51. The van der Waals surface area contributed by atoms with Crippen molar-refractivity contribution >= 4 is 23.6 Å². The zero-order valence-electron chi connectivity index (χ0n) is 16.1. The summed E-state index contributed by atoms with van der Waals surface area (Å²) in [4.78, 5) is 27.0. The van der Waals surface area contributed by atoms with Gasteiger partial charge < -0.3 is 19.7 Å². The van der Waals surface area contributed by atoms with Gasteiger partial charge in [0.15, 0.2) is 0 Å². The maximum Gasteiger partial charge on any atom is 0.256 e. The van der Waals surface area contributed by atoms with E-state index in [1.165, 1.54) is 6.08 Å². The van der Waals surface area contributed by atoms with Gasteiger partial charge >= 0.3 is 0 Å². The summed E-state index contributed by atoms with van der Waals surface area (Å²) in [5, 5.41) is 2.81. The lowest BCUT2D eigenvalue weighted by molar-refractivity contribution is -0.111. The summed E-state index contributed by atoms with van der Waals surface area (Å²) in [5.41, 5.74) is 2.85. The van der Waals surface area contributed by atoms with Crippen LogP contribution in [0.5, 0.6) is 5.75 Å². The number of carbonyl (C=O) groups excluding carboxylic acids is 2. The minimum Gasteiger partial charge on any atom is -0.496 e. The number of nitrogens with zero attached hydrogens (tertiary/aromatic N) is 1. The van der Waals surface area contributed by atoms with Crippen molar-refractivity contribution in [3.8, 4) is 5.75 Å². The molecule has 1 aliphatic rings. The van der Waals surface area contributed by atoms with Crippen molar-refractivity contribution in [2.24, 2.45) is 0 Å². The zero-order valence-corrected chi connectivity index (χ0v) is 16.1. The molecule has 2 aromatic carbocycles. The highest BCUT2D eigenvalue weighted by Gasteiger charge is 2.21. The van der Waals surface area contributed by atoms with Crippen LogP contribution < -0.4 is 10.1 Å². The normalized spacial score (nSPS) is 14.1. The predicted octanol–water partition coefficient (Wildman–Crippen LogP) is 3.13. The Labute approximate surface area is 164 Å². The van der Waals surface area contributed by atoms with Crippen molar-refractivity contribution in [2.45, 2.75) is 6.92 Å². The van der Waals surface area contributed by atoms with E-state index in [1.807, 2.05) is 25.1 Å². The molecule has 146 valence electrons. The van der Waals surface area contributed by atoms with E-state index in [9.17, 15) is 9.59 Å². The van der Waals surface area contributed by atoms with E-state index in [1.54, 1.807) is 42.4 Å². The number of aryl methyl sites for hydroxylation is 1. The van der Waals surface area contributed by atoms with Gasteiger partial charge in [0.25, 0.3) is 5.91 Å². The average Bonchev–Trinajstić information content (AvgIpc) is 2.73. The van der Waals surface area contributed by atoms with Gasteiger partial charge in [0.1, 0.15) is 5.75 Å². The van der Waals surface area contributed by atoms with E-state index >= 15 is 0 Å². The number of nitrogens with one attached hydrogen (secondary N) is 1. The second-order valence-corrected chi connectivity index (χ2v) is 6.52. The summed E-state index contributed by atoms with van der Waals surface area (Å²) in [7, 11) is 1.59. The zero-order chi connectivity index (χ0) is 19.9. The maximum absolute atomic E-state index is 12.8. The van der Waals surface area contributed by atoms with E-state index in [4.69, 9.17) is 9.47 Å². The molecule has 2 amide bonds. The molecule has 1 aliphatic heterocycles. The Kier molecular flexibility index (Phi) is 6.45. The van der Waals surface area contributed by atoms with Gasteiger partial charge in [-0.3, -0.25) is 9.59 Å². The molecule has 1 saturated heterocycles. The molecule has 0 atom stereocenters. The van der Waals surface area contributed by atoms with Crippen LogP contribution in [0, 0.1) is 6.92 Å². The number of methoxy groups -OCH3 is 1. The number of anilines is 1. The van der Waals surface area contributed by atoms with Gasteiger partial charge in [-0.2, -0.15) is 0 Å². The van der Waals surface area contributed by atoms with Crippen LogP contribution in [0.3, 0.4) is 0 Å². The molecule has 1 fully saturated rings. The molecule has 1 N–H and O–H groups in total. The highest BCUT2D eigenvalue weighted by Crippen LogP contribution is 2.22. The molecule has 6 heteroatoms. The molecular formula is C22H24N2O4. The Morgan fingerprint density at radius 1 is 1.14 bits per heavy atom. The molecule has 0 saturated carbocycles. The number of carbonyl (C=O) groups is 2. The van der Waals surface area contributed by atoms with Crippen LogP contribution in [-0.4, -0.2) is 50.1 Å². The Morgan fingerprint density at radius 2 is 1.89 bits per heavy atom. The standard InChI is InChI=1S/C22H24N2O4/c1-16-7-9-20(27-2)17(15-16)8-10-21(25)23-19-6-4-3-5-18(19)22(26)24-11-13-28-14-12-24/h3-10,15H,11-14H2,1-2H3,(H,23,25)/b10-8+. The lowest BCUT2D eigenvalue weighted by Crippen LogP contribution is -2.41. The molecule has 0 unspecified atom stereocenters. The van der Waals surface area contributed by atoms with Crippen LogP contribution in [0.15, 0.2) is 48.5 Å². The Balaban J connectivity index is 1.74. The van der Waals surface area contributed by atoms with Gasteiger partial charge in [-0.1, -0.05) is 23.8 Å². The minimum absolute atomic E-state index is 0.108. The summed E-state index contributed by atoms with van der Waals surface area (Å²) in [5.74, 6) is 0.270.